The Kier molecular flexibility index (Phi) is 7.68. The van der Waals surface area contributed by atoms with Crippen molar-refractivity contribution >= 4 is 39.4 Å². The van der Waals surface area contributed by atoms with Crippen molar-refractivity contribution < 1.29 is 19.1 Å². The minimum atomic E-state index is -0.688. The van der Waals surface area contributed by atoms with Crippen LogP contribution in [0.15, 0.2) is 22.7 Å². The second-order valence-corrected chi connectivity index (χ2v) is 6.14. The first-order valence-electron chi connectivity index (χ1n) is 6.84. The Labute approximate surface area is 143 Å². The number of methoxy groups -OCH3 is 1. The highest BCUT2D eigenvalue weighted by atomic mass is 79.9. The zero-order valence-corrected chi connectivity index (χ0v) is 15.0. The maximum absolute atomic E-state index is 11.9. The topological polar surface area (TPSA) is 64.6 Å². The molecule has 22 heavy (non-hydrogen) atoms. The monoisotopic (exact) mass is 391 g/mol. The summed E-state index contributed by atoms with van der Waals surface area (Å²) in [6.07, 6.45) is 0.736. The maximum atomic E-state index is 11.9. The van der Waals surface area contributed by atoms with E-state index < -0.39 is 17.9 Å². The molecule has 0 aliphatic carbocycles. The van der Waals surface area contributed by atoms with Crippen molar-refractivity contribution in [3.63, 3.8) is 0 Å². The molecular formula is C15H19BrClNO4. The Bertz CT molecular complexity index is 538. The molecule has 1 N–H and O–H groups in total. The van der Waals surface area contributed by atoms with Crippen molar-refractivity contribution in [2.45, 2.75) is 26.3 Å². The van der Waals surface area contributed by atoms with E-state index >= 15 is 0 Å². The molecule has 0 radical (unpaired) electrons. The fourth-order valence-electron chi connectivity index (χ4n) is 1.75. The molecule has 0 bridgehead atoms. The Hall–Kier alpha value is -1.27. The number of esters is 1. The number of hydrogen-bond acceptors (Lipinski definition) is 4. The highest BCUT2D eigenvalue weighted by molar-refractivity contribution is 9.10. The summed E-state index contributed by atoms with van der Waals surface area (Å²) in [7, 11) is 1.29. The lowest BCUT2D eigenvalue weighted by molar-refractivity contribution is -0.146. The van der Waals surface area contributed by atoms with E-state index in [4.69, 9.17) is 21.1 Å². The van der Waals surface area contributed by atoms with Gasteiger partial charge in [0.1, 0.15) is 11.8 Å². The van der Waals surface area contributed by atoms with Gasteiger partial charge < -0.3 is 14.8 Å². The van der Waals surface area contributed by atoms with E-state index in [1.807, 2.05) is 13.8 Å². The molecular weight excluding hydrogens is 374 g/mol. The second kappa shape index (κ2) is 9.00. The summed E-state index contributed by atoms with van der Waals surface area (Å²) in [5, 5.41) is 3.03. The van der Waals surface area contributed by atoms with Crippen molar-refractivity contribution in [2.24, 2.45) is 5.92 Å². The second-order valence-electron chi connectivity index (χ2n) is 4.82. The lowest BCUT2D eigenvalue weighted by Crippen LogP contribution is -2.47. The highest BCUT2D eigenvalue weighted by Crippen LogP contribution is 2.27. The zero-order chi connectivity index (χ0) is 16.7. The molecule has 0 saturated heterocycles. The lowest BCUT2D eigenvalue weighted by Gasteiger charge is -2.21. The minimum Gasteiger partial charge on any atom is -0.482 e. The Morgan fingerprint density at radius 1 is 1.41 bits per heavy atom. The molecule has 1 aromatic carbocycles. The molecule has 7 heteroatoms. The molecule has 0 unspecified atom stereocenters. The predicted octanol–water partition coefficient (Wildman–Crippen LogP) is 3.19. The van der Waals surface area contributed by atoms with Crippen LogP contribution in [0.25, 0.3) is 0 Å². The normalized spacial score (nSPS) is 13.1. The molecule has 2 atom stereocenters. The Balaban J connectivity index is 2.62. The van der Waals surface area contributed by atoms with Crippen LogP contribution in [0.3, 0.4) is 0 Å². The third-order valence-corrected chi connectivity index (χ3v) is 4.03. The molecule has 0 fully saturated rings. The molecule has 1 aromatic rings. The molecule has 0 spiro atoms. The van der Waals surface area contributed by atoms with E-state index in [2.05, 4.69) is 21.2 Å². The van der Waals surface area contributed by atoms with Gasteiger partial charge in [0.05, 0.1) is 12.1 Å². The van der Waals surface area contributed by atoms with E-state index in [1.165, 1.54) is 7.11 Å². The van der Waals surface area contributed by atoms with Crippen LogP contribution in [-0.2, 0) is 14.3 Å². The number of carbonyl (C=O) groups excluding carboxylic acids is 2. The average molecular weight is 393 g/mol. The molecule has 0 saturated carbocycles. The summed E-state index contributed by atoms with van der Waals surface area (Å²) in [4.78, 5) is 23.7. The Morgan fingerprint density at radius 2 is 2.09 bits per heavy atom. The van der Waals surface area contributed by atoms with Crippen LogP contribution in [0, 0.1) is 5.92 Å². The van der Waals surface area contributed by atoms with Gasteiger partial charge in [-0.2, -0.15) is 0 Å². The van der Waals surface area contributed by atoms with Crippen LogP contribution in [0.2, 0.25) is 5.02 Å². The van der Waals surface area contributed by atoms with Gasteiger partial charge in [0.2, 0.25) is 0 Å². The number of hydrogen-bond donors (Lipinski definition) is 1. The van der Waals surface area contributed by atoms with Crippen molar-refractivity contribution in [1.82, 2.24) is 5.32 Å². The van der Waals surface area contributed by atoms with Gasteiger partial charge in [-0.1, -0.05) is 47.8 Å². The van der Waals surface area contributed by atoms with E-state index in [1.54, 1.807) is 18.2 Å². The minimum absolute atomic E-state index is 0.0346. The first-order chi connectivity index (χ1) is 10.4. The van der Waals surface area contributed by atoms with E-state index in [0.29, 0.717) is 10.8 Å². The molecule has 122 valence electrons. The largest absolute Gasteiger partial charge is 0.482 e. The quantitative estimate of drug-likeness (QED) is 0.724. The van der Waals surface area contributed by atoms with Crippen molar-refractivity contribution in [3.8, 4) is 5.75 Å². The number of nitrogens with one attached hydrogen (secondary N) is 1. The summed E-state index contributed by atoms with van der Waals surface area (Å²) in [6, 6.07) is 4.40. The van der Waals surface area contributed by atoms with Crippen molar-refractivity contribution in [2.75, 3.05) is 13.7 Å². The average Bonchev–Trinajstić information content (AvgIpc) is 2.50. The van der Waals surface area contributed by atoms with Gasteiger partial charge >= 0.3 is 5.97 Å². The van der Waals surface area contributed by atoms with Gasteiger partial charge in [-0.3, -0.25) is 4.79 Å². The van der Waals surface area contributed by atoms with Gasteiger partial charge in [0.25, 0.3) is 5.91 Å². The molecule has 0 aromatic heterocycles. The number of ether oxygens (including phenoxy) is 2. The standard InChI is InChI=1S/C15H19BrClNO4/c1-4-9(2)14(15(20)21-3)18-13(19)8-22-12-6-5-10(16)7-11(12)17/h5-7,9,14H,4,8H2,1-3H3,(H,18,19)/t9-,14-/m1/s1. The van der Waals surface area contributed by atoms with E-state index in [9.17, 15) is 9.59 Å². The zero-order valence-electron chi connectivity index (χ0n) is 12.7. The Morgan fingerprint density at radius 3 is 2.64 bits per heavy atom. The first-order valence-corrected chi connectivity index (χ1v) is 8.01. The first kappa shape index (κ1) is 18.8. The summed E-state index contributed by atoms with van der Waals surface area (Å²) in [5.74, 6) is -0.509. The van der Waals surface area contributed by atoms with Crippen molar-refractivity contribution in [3.05, 3.63) is 27.7 Å². The number of rotatable bonds is 7. The maximum Gasteiger partial charge on any atom is 0.328 e. The molecule has 1 rings (SSSR count). The number of halogens is 2. The van der Waals surface area contributed by atoms with Gasteiger partial charge in [-0.15, -0.1) is 0 Å². The molecule has 0 heterocycles. The third-order valence-electron chi connectivity index (χ3n) is 3.24. The van der Waals surface area contributed by atoms with Crippen LogP contribution < -0.4 is 10.1 Å². The summed E-state index contributed by atoms with van der Waals surface area (Å²) >= 11 is 9.29. The number of carbonyl (C=O) groups is 2. The fourth-order valence-corrected chi connectivity index (χ4v) is 2.47. The smallest absolute Gasteiger partial charge is 0.328 e. The van der Waals surface area contributed by atoms with Gasteiger partial charge in [-0.25, -0.2) is 4.79 Å². The predicted molar refractivity (Wildman–Crippen MR) is 88.0 cm³/mol. The highest BCUT2D eigenvalue weighted by Gasteiger charge is 2.26. The van der Waals surface area contributed by atoms with Crippen LogP contribution in [0.4, 0.5) is 0 Å². The molecule has 0 aliphatic heterocycles. The number of benzene rings is 1. The van der Waals surface area contributed by atoms with Gasteiger partial charge in [0.15, 0.2) is 6.61 Å². The van der Waals surface area contributed by atoms with E-state index in [0.717, 1.165) is 10.9 Å². The summed E-state index contributed by atoms with van der Waals surface area (Å²) in [5.41, 5.74) is 0. The van der Waals surface area contributed by atoms with Crippen LogP contribution >= 0.6 is 27.5 Å². The van der Waals surface area contributed by atoms with Crippen LogP contribution in [0.5, 0.6) is 5.75 Å². The van der Waals surface area contributed by atoms with Gasteiger partial charge in [-0.05, 0) is 24.1 Å². The summed E-state index contributed by atoms with van der Waals surface area (Å²) < 4.78 is 10.9. The summed E-state index contributed by atoms with van der Waals surface area (Å²) in [6.45, 7) is 3.57. The molecule has 1 amide bonds. The van der Waals surface area contributed by atoms with Crippen LogP contribution in [-0.4, -0.2) is 31.6 Å². The fraction of sp³-hybridized carbons (Fsp3) is 0.467. The third kappa shape index (κ3) is 5.50. The molecule has 5 nitrogen and oxygen atoms in total. The van der Waals surface area contributed by atoms with E-state index in [-0.39, 0.29) is 12.5 Å². The lowest BCUT2D eigenvalue weighted by atomic mass is 9.99. The van der Waals surface area contributed by atoms with Crippen molar-refractivity contribution in [1.29, 1.82) is 0 Å². The van der Waals surface area contributed by atoms with Gasteiger partial charge in [0, 0.05) is 4.47 Å². The molecule has 0 aliphatic rings. The van der Waals surface area contributed by atoms with Crippen LogP contribution in [0.1, 0.15) is 20.3 Å². The SMILES string of the molecule is CC[C@@H](C)[C@@H](NC(=O)COc1ccc(Br)cc1Cl)C(=O)OC. The number of amides is 1.